The molecule has 0 spiro atoms. The van der Waals surface area contributed by atoms with Crippen molar-refractivity contribution in [3.8, 4) is 0 Å². The van der Waals surface area contributed by atoms with Gasteiger partial charge in [0.1, 0.15) is 0 Å². The molecule has 6 unspecified atom stereocenters. The zero-order valence-corrected chi connectivity index (χ0v) is 13.1. The van der Waals surface area contributed by atoms with Crippen molar-refractivity contribution < 1.29 is 5.11 Å². The molecule has 4 aliphatic carbocycles. The first-order valence-corrected chi connectivity index (χ1v) is 8.98. The fourth-order valence-electron chi connectivity index (χ4n) is 6.58. The molecule has 0 aromatic heterocycles. The average Bonchev–Trinajstić information content (AvgIpc) is 2.74. The molecular weight excluding hydrogens is 244 g/mol. The van der Waals surface area contributed by atoms with Crippen molar-refractivity contribution in [2.24, 2.45) is 35.0 Å². The van der Waals surface area contributed by atoms with Gasteiger partial charge in [-0.05, 0) is 86.4 Å². The summed E-state index contributed by atoms with van der Waals surface area (Å²) in [6.07, 6.45) is 12.9. The highest BCUT2D eigenvalue weighted by molar-refractivity contribution is 5.19. The maximum atomic E-state index is 9.89. The Morgan fingerprint density at radius 3 is 2.75 bits per heavy atom. The summed E-state index contributed by atoms with van der Waals surface area (Å²) in [5.41, 5.74) is 2.27. The summed E-state index contributed by atoms with van der Waals surface area (Å²) in [6.45, 7) is 5.10. The van der Waals surface area contributed by atoms with E-state index in [9.17, 15) is 5.11 Å². The number of aliphatic hydroxyl groups is 1. The molecule has 4 aliphatic rings. The largest absolute Gasteiger partial charge is 0.389 e. The van der Waals surface area contributed by atoms with Crippen molar-refractivity contribution in [2.75, 3.05) is 0 Å². The van der Waals surface area contributed by atoms with Crippen LogP contribution in [-0.4, -0.2) is 11.2 Å². The number of hydrogen-bond acceptors (Lipinski definition) is 1. The Morgan fingerprint density at radius 1 is 1.05 bits per heavy atom. The Labute approximate surface area is 123 Å². The zero-order valence-electron chi connectivity index (χ0n) is 13.1. The molecule has 20 heavy (non-hydrogen) atoms. The molecule has 0 radical (unpaired) electrons. The van der Waals surface area contributed by atoms with Crippen LogP contribution in [0.5, 0.6) is 0 Å². The van der Waals surface area contributed by atoms with Gasteiger partial charge >= 0.3 is 0 Å². The van der Waals surface area contributed by atoms with Crippen LogP contribution in [0.3, 0.4) is 0 Å². The molecule has 112 valence electrons. The van der Waals surface area contributed by atoms with E-state index in [1.54, 1.807) is 5.57 Å². The van der Waals surface area contributed by atoms with E-state index in [2.05, 4.69) is 19.9 Å². The Hall–Kier alpha value is -0.300. The number of hydrogen-bond donors (Lipinski definition) is 1. The third kappa shape index (κ3) is 1.78. The first-order chi connectivity index (χ1) is 9.59. The molecule has 7 atom stereocenters. The average molecular weight is 274 g/mol. The van der Waals surface area contributed by atoms with Crippen LogP contribution < -0.4 is 0 Å². The lowest BCUT2D eigenvalue weighted by atomic mass is 9.51. The normalized spacial score (nSPS) is 54.6. The van der Waals surface area contributed by atoms with Gasteiger partial charge < -0.3 is 5.11 Å². The fraction of sp³-hybridized carbons (Fsp3) is 0.895. The van der Waals surface area contributed by atoms with Gasteiger partial charge in [0.25, 0.3) is 0 Å². The van der Waals surface area contributed by atoms with Crippen LogP contribution in [0.1, 0.15) is 65.2 Å². The lowest BCUT2D eigenvalue weighted by Crippen LogP contribution is -2.46. The van der Waals surface area contributed by atoms with Crippen molar-refractivity contribution in [1.29, 1.82) is 0 Å². The van der Waals surface area contributed by atoms with E-state index >= 15 is 0 Å². The standard InChI is InChI=1S/C19H30O/c1-12-3-8-18-17-6-4-13-11-14(20)5-7-15(13)16(17)9-10-19(12,18)2/h11-12,14-18,20H,3-10H2,1-2H3/t12?,14?,15-,16?,17?,18?,19?/m0/s1. The number of rotatable bonds is 0. The minimum Gasteiger partial charge on any atom is -0.389 e. The van der Waals surface area contributed by atoms with Crippen LogP contribution in [0.4, 0.5) is 0 Å². The molecule has 0 amide bonds. The summed E-state index contributed by atoms with van der Waals surface area (Å²) >= 11 is 0. The number of fused-ring (bicyclic) bond motifs is 5. The van der Waals surface area contributed by atoms with Crippen molar-refractivity contribution in [3.05, 3.63) is 11.6 Å². The van der Waals surface area contributed by atoms with Crippen LogP contribution >= 0.6 is 0 Å². The van der Waals surface area contributed by atoms with Gasteiger partial charge in [0.2, 0.25) is 0 Å². The second-order valence-corrected chi connectivity index (χ2v) is 8.49. The van der Waals surface area contributed by atoms with Crippen LogP contribution in [0.2, 0.25) is 0 Å². The van der Waals surface area contributed by atoms with Gasteiger partial charge in [-0.2, -0.15) is 0 Å². The van der Waals surface area contributed by atoms with E-state index in [0.717, 1.165) is 36.0 Å². The lowest BCUT2D eigenvalue weighted by Gasteiger charge is -2.54. The zero-order chi connectivity index (χ0) is 13.9. The number of allylic oxidation sites excluding steroid dienone is 1. The van der Waals surface area contributed by atoms with E-state index in [-0.39, 0.29) is 6.10 Å². The Balaban J connectivity index is 1.62. The SMILES string of the molecule is CC1CCC2C3CCC4=CC(O)CC[C@@H]4C3CCC12C. The van der Waals surface area contributed by atoms with Gasteiger partial charge in [-0.25, -0.2) is 0 Å². The van der Waals surface area contributed by atoms with Crippen LogP contribution in [0, 0.1) is 35.0 Å². The summed E-state index contributed by atoms with van der Waals surface area (Å²) in [4.78, 5) is 0. The minimum absolute atomic E-state index is 0.141. The van der Waals surface area contributed by atoms with E-state index in [4.69, 9.17) is 0 Å². The summed E-state index contributed by atoms with van der Waals surface area (Å²) in [6, 6.07) is 0. The first kappa shape index (κ1) is 13.4. The maximum absolute atomic E-state index is 9.89. The van der Waals surface area contributed by atoms with Gasteiger partial charge in [-0.3, -0.25) is 0 Å². The molecule has 0 aliphatic heterocycles. The van der Waals surface area contributed by atoms with Crippen molar-refractivity contribution >= 4 is 0 Å². The van der Waals surface area contributed by atoms with Gasteiger partial charge in [0.05, 0.1) is 6.10 Å². The molecule has 1 heteroatoms. The smallest absolute Gasteiger partial charge is 0.0723 e. The van der Waals surface area contributed by atoms with Crippen molar-refractivity contribution in [1.82, 2.24) is 0 Å². The van der Waals surface area contributed by atoms with Crippen molar-refractivity contribution in [3.63, 3.8) is 0 Å². The molecule has 3 fully saturated rings. The topological polar surface area (TPSA) is 20.2 Å². The molecule has 1 N–H and O–H groups in total. The molecule has 1 nitrogen and oxygen atoms in total. The van der Waals surface area contributed by atoms with Crippen LogP contribution in [-0.2, 0) is 0 Å². The lowest BCUT2D eigenvalue weighted by molar-refractivity contribution is -0.0212. The molecule has 0 aromatic carbocycles. The van der Waals surface area contributed by atoms with Crippen LogP contribution in [0.25, 0.3) is 0 Å². The Kier molecular flexibility index (Phi) is 3.07. The van der Waals surface area contributed by atoms with E-state index < -0.39 is 0 Å². The highest BCUT2D eigenvalue weighted by Gasteiger charge is 2.54. The van der Waals surface area contributed by atoms with E-state index in [1.165, 1.54) is 44.9 Å². The second-order valence-electron chi connectivity index (χ2n) is 8.49. The summed E-state index contributed by atoms with van der Waals surface area (Å²) in [5.74, 6) is 4.72. The van der Waals surface area contributed by atoms with E-state index in [0.29, 0.717) is 5.41 Å². The fourth-order valence-corrected chi connectivity index (χ4v) is 6.58. The van der Waals surface area contributed by atoms with Gasteiger partial charge in [0.15, 0.2) is 0 Å². The molecule has 3 saturated carbocycles. The predicted molar refractivity (Wildman–Crippen MR) is 82.3 cm³/mol. The van der Waals surface area contributed by atoms with Gasteiger partial charge in [0, 0.05) is 0 Å². The first-order valence-electron chi connectivity index (χ1n) is 8.98. The molecule has 4 rings (SSSR count). The summed E-state index contributed by atoms with van der Waals surface area (Å²) in [5, 5.41) is 9.89. The third-order valence-corrected chi connectivity index (χ3v) is 7.91. The second kappa shape index (κ2) is 4.60. The Morgan fingerprint density at radius 2 is 1.90 bits per heavy atom. The highest BCUT2D eigenvalue weighted by Crippen LogP contribution is 2.63. The van der Waals surface area contributed by atoms with E-state index in [1.807, 2.05) is 0 Å². The molecular formula is C19H30O. The number of aliphatic hydroxyl groups excluding tert-OH is 1. The molecule has 0 saturated heterocycles. The predicted octanol–water partition coefficient (Wildman–Crippen LogP) is 4.56. The monoisotopic (exact) mass is 274 g/mol. The molecule has 0 aromatic rings. The molecule has 0 heterocycles. The van der Waals surface area contributed by atoms with Gasteiger partial charge in [-0.15, -0.1) is 0 Å². The third-order valence-electron chi connectivity index (χ3n) is 7.91. The highest BCUT2D eigenvalue weighted by atomic mass is 16.3. The Bertz CT molecular complexity index is 425. The van der Waals surface area contributed by atoms with Crippen LogP contribution in [0.15, 0.2) is 11.6 Å². The summed E-state index contributed by atoms with van der Waals surface area (Å²) in [7, 11) is 0. The van der Waals surface area contributed by atoms with Gasteiger partial charge in [-0.1, -0.05) is 25.5 Å². The maximum Gasteiger partial charge on any atom is 0.0723 e. The molecule has 0 bridgehead atoms. The van der Waals surface area contributed by atoms with Crippen molar-refractivity contribution in [2.45, 2.75) is 71.3 Å². The summed E-state index contributed by atoms with van der Waals surface area (Å²) < 4.78 is 0. The minimum atomic E-state index is -0.141. The quantitative estimate of drug-likeness (QED) is 0.642.